The molecular formula is C13H14ClF2NO3. The molecule has 0 aliphatic heterocycles. The van der Waals surface area contributed by atoms with Gasteiger partial charge < -0.3 is 10.0 Å². The largest absolute Gasteiger partial charge is 0.481 e. The van der Waals surface area contributed by atoms with Crippen molar-refractivity contribution in [3.63, 3.8) is 0 Å². The van der Waals surface area contributed by atoms with Crippen molar-refractivity contribution < 1.29 is 23.5 Å². The number of benzene rings is 1. The van der Waals surface area contributed by atoms with Gasteiger partial charge in [-0.05, 0) is 26.0 Å². The van der Waals surface area contributed by atoms with Gasteiger partial charge >= 0.3 is 5.97 Å². The summed E-state index contributed by atoms with van der Waals surface area (Å²) in [4.78, 5) is 23.9. The normalized spacial score (nSPS) is 10.7. The molecule has 1 rings (SSSR count). The van der Waals surface area contributed by atoms with Gasteiger partial charge in [-0.15, -0.1) is 0 Å². The van der Waals surface area contributed by atoms with Gasteiger partial charge in [0.2, 0.25) is 0 Å². The molecule has 110 valence electrons. The quantitative estimate of drug-likeness (QED) is 0.851. The van der Waals surface area contributed by atoms with Gasteiger partial charge in [-0.25, -0.2) is 8.78 Å². The van der Waals surface area contributed by atoms with Crippen LogP contribution in [0.2, 0.25) is 5.02 Å². The molecule has 0 aliphatic rings. The van der Waals surface area contributed by atoms with E-state index in [1.807, 2.05) is 0 Å². The first kappa shape index (κ1) is 16.4. The Hall–Kier alpha value is -1.69. The second-order valence-electron chi connectivity index (χ2n) is 4.48. The zero-order chi connectivity index (χ0) is 15.4. The number of rotatable bonds is 5. The second kappa shape index (κ2) is 6.65. The van der Waals surface area contributed by atoms with E-state index in [0.717, 1.165) is 12.1 Å². The van der Waals surface area contributed by atoms with E-state index in [1.54, 1.807) is 13.8 Å². The standard InChI is InChI=1S/C13H14ClF2NO3/c1-7(2)17(4-3-12(18)19)13(20)8-5-11(16)9(14)6-10(8)15/h5-7H,3-4H2,1-2H3,(H,18,19). The summed E-state index contributed by atoms with van der Waals surface area (Å²) < 4.78 is 27.0. The van der Waals surface area contributed by atoms with Gasteiger partial charge in [0, 0.05) is 12.6 Å². The maximum atomic E-state index is 13.7. The van der Waals surface area contributed by atoms with E-state index in [0.29, 0.717) is 0 Å². The molecular weight excluding hydrogens is 292 g/mol. The number of amides is 1. The smallest absolute Gasteiger partial charge is 0.305 e. The minimum absolute atomic E-state index is 0.0878. The summed E-state index contributed by atoms with van der Waals surface area (Å²) in [5.74, 6) is -3.69. The summed E-state index contributed by atoms with van der Waals surface area (Å²) in [5.41, 5.74) is -0.467. The monoisotopic (exact) mass is 305 g/mol. The Morgan fingerprint density at radius 3 is 2.40 bits per heavy atom. The molecule has 0 saturated carbocycles. The minimum Gasteiger partial charge on any atom is -0.481 e. The fraction of sp³-hybridized carbons (Fsp3) is 0.385. The van der Waals surface area contributed by atoms with Crippen LogP contribution >= 0.6 is 11.6 Å². The van der Waals surface area contributed by atoms with Crippen molar-refractivity contribution in [2.45, 2.75) is 26.3 Å². The lowest BCUT2D eigenvalue weighted by Gasteiger charge is -2.26. The van der Waals surface area contributed by atoms with Crippen LogP contribution in [0, 0.1) is 11.6 Å². The molecule has 1 aromatic rings. The molecule has 0 aliphatic carbocycles. The van der Waals surface area contributed by atoms with E-state index >= 15 is 0 Å². The van der Waals surface area contributed by atoms with Gasteiger partial charge in [-0.3, -0.25) is 9.59 Å². The Kier molecular flexibility index (Phi) is 5.44. The number of halogens is 3. The first-order chi connectivity index (χ1) is 9.23. The minimum atomic E-state index is -1.08. The first-order valence-corrected chi connectivity index (χ1v) is 6.29. The highest BCUT2D eigenvalue weighted by atomic mass is 35.5. The van der Waals surface area contributed by atoms with Crippen LogP contribution in [0.4, 0.5) is 8.78 Å². The zero-order valence-corrected chi connectivity index (χ0v) is 11.7. The predicted molar refractivity (Wildman–Crippen MR) is 69.8 cm³/mol. The lowest BCUT2D eigenvalue weighted by Crippen LogP contribution is -2.39. The molecule has 1 N–H and O–H groups in total. The Morgan fingerprint density at radius 1 is 1.30 bits per heavy atom. The molecule has 0 aromatic heterocycles. The van der Waals surface area contributed by atoms with E-state index in [1.165, 1.54) is 4.90 Å². The van der Waals surface area contributed by atoms with E-state index in [4.69, 9.17) is 16.7 Å². The highest BCUT2D eigenvalue weighted by Crippen LogP contribution is 2.21. The van der Waals surface area contributed by atoms with Crippen LogP contribution in [0.3, 0.4) is 0 Å². The summed E-state index contributed by atoms with van der Waals surface area (Å²) in [6.45, 7) is 3.23. The molecule has 0 heterocycles. The zero-order valence-electron chi connectivity index (χ0n) is 11.0. The van der Waals surface area contributed by atoms with E-state index < -0.39 is 34.1 Å². The van der Waals surface area contributed by atoms with E-state index in [-0.39, 0.29) is 19.0 Å². The molecule has 0 bridgehead atoms. The molecule has 4 nitrogen and oxygen atoms in total. The van der Waals surface area contributed by atoms with Crippen LogP contribution in [-0.4, -0.2) is 34.5 Å². The van der Waals surface area contributed by atoms with Gasteiger partial charge in [0.15, 0.2) is 0 Å². The van der Waals surface area contributed by atoms with Crippen molar-refractivity contribution in [1.82, 2.24) is 4.90 Å². The number of carbonyl (C=O) groups excluding carboxylic acids is 1. The van der Waals surface area contributed by atoms with Crippen LogP contribution < -0.4 is 0 Å². The summed E-state index contributed by atoms with van der Waals surface area (Å²) in [5, 5.41) is 8.23. The SMILES string of the molecule is CC(C)N(CCC(=O)O)C(=O)c1cc(F)c(Cl)cc1F. The van der Waals surface area contributed by atoms with Crippen molar-refractivity contribution in [1.29, 1.82) is 0 Å². The Labute approximate surface area is 119 Å². The molecule has 0 unspecified atom stereocenters. The van der Waals surface area contributed by atoms with Crippen molar-refractivity contribution in [3.05, 3.63) is 34.4 Å². The number of hydrogen-bond donors (Lipinski definition) is 1. The first-order valence-electron chi connectivity index (χ1n) is 5.91. The lowest BCUT2D eigenvalue weighted by molar-refractivity contribution is -0.137. The van der Waals surface area contributed by atoms with Gasteiger partial charge in [0.1, 0.15) is 11.6 Å². The highest BCUT2D eigenvalue weighted by molar-refractivity contribution is 6.30. The van der Waals surface area contributed by atoms with Gasteiger partial charge in [0.05, 0.1) is 17.0 Å². The lowest BCUT2D eigenvalue weighted by atomic mass is 10.1. The maximum absolute atomic E-state index is 13.7. The fourth-order valence-electron chi connectivity index (χ4n) is 1.65. The van der Waals surface area contributed by atoms with Crippen molar-refractivity contribution in [2.75, 3.05) is 6.54 Å². The molecule has 20 heavy (non-hydrogen) atoms. The third-order valence-corrected chi connectivity index (χ3v) is 2.98. The van der Waals surface area contributed by atoms with Crippen molar-refractivity contribution >= 4 is 23.5 Å². The van der Waals surface area contributed by atoms with Crippen molar-refractivity contribution in [3.8, 4) is 0 Å². The number of hydrogen-bond acceptors (Lipinski definition) is 2. The molecule has 0 radical (unpaired) electrons. The fourth-order valence-corrected chi connectivity index (χ4v) is 1.80. The molecule has 7 heteroatoms. The van der Waals surface area contributed by atoms with Gasteiger partial charge in [0.25, 0.3) is 5.91 Å². The number of nitrogens with zero attached hydrogens (tertiary/aromatic N) is 1. The molecule has 1 aromatic carbocycles. The van der Waals surface area contributed by atoms with E-state index in [9.17, 15) is 18.4 Å². The third-order valence-electron chi connectivity index (χ3n) is 2.69. The second-order valence-corrected chi connectivity index (χ2v) is 4.89. The third kappa shape index (κ3) is 3.90. The average molecular weight is 306 g/mol. The summed E-state index contributed by atoms with van der Waals surface area (Å²) in [6.07, 6.45) is -0.276. The van der Waals surface area contributed by atoms with Gasteiger partial charge in [-0.2, -0.15) is 0 Å². The molecule has 0 saturated heterocycles. The Bertz CT molecular complexity index is 535. The van der Waals surface area contributed by atoms with Crippen LogP contribution in [0.25, 0.3) is 0 Å². The predicted octanol–water partition coefficient (Wildman–Crippen LogP) is 2.94. The van der Waals surface area contributed by atoms with Crippen LogP contribution in [-0.2, 0) is 4.79 Å². The topological polar surface area (TPSA) is 57.6 Å². The Balaban J connectivity index is 3.06. The number of carbonyl (C=O) groups is 2. The molecule has 0 atom stereocenters. The van der Waals surface area contributed by atoms with Crippen LogP contribution in [0.1, 0.15) is 30.6 Å². The highest BCUT2D eigenvalue weighted by Gasteiger charge is 2.23. The number of carboxylic acid groups (broad SMARTS) is 1. The summed E-state index contributed by atoms with van der Waals surface area (Å²) in [7, 11) is 0. The average Bonchev–Trinajstić information content (AvgIpc) is 2.32. The van der Waals surface area contributed by atoms with E-state index in [2.05, 4.69) is 0 Å². The molecule has 0 spiro atoms. The summed E-state index contributed by atoms with van der Waals surface area (Å²) in [6, 6.07) is 1.09. The molecule has 1 amide bonds. The number of aliphatic carboxylic acids is 1. The summed E-state index contributed by atoms with van der Waals surface area (Å²) >= 11 is 5.42. The van der Waals surface area contributed by atoms with Gasteiger partial charge in [-0.1, -0.05) is 11.6 Å². The van der Waals surface area contributed by atoms with Crippen molar-refractivity contribution in [2.24, 2.45) is 0 Å². The molecule has 0 fully saturated rings. The maximum Gasteiger partial charge on any atom is 0.305 e. The number of carboxylic acids is 1. The van der Waals surface area contributed by atoms with Crippen LogP contribution in [0.15, 0.2) is 12.1 Å². The Morgan fingerprint density at radius 2 is 1.90 bits per heavy atom. The van der Waals surface area contributed by atoms with Crippen LogP contribution in [0.5, 0.6) is 0 Å².